The number of nitrogens with zero attached hydrogens (tertiary/aromatic N) is 6. The predicted molar refractivity (Wildman–Crippen MR) is 119 cm³/mol. The van der Waals surface area contributed by atoms with E-state index in [4.69, 9.17) is 4.74 Å². The number of anilines is 1. The minimum atomic E-state index is -0.290. The molecule has 1 aliphatic rings. The monoisotopic (exact) mass is 429 g/mol. The zero-order valence-corrected chi connectivity index (χ0v) is 17.9. The van der Waals surface area contributed by atoms with E-state index in [1.807, 2.05) is 48.1 Å². The molecule has 32 heavy (non-hydrogen) atoms. The van der Waals surface area contributed by atoms with E-state index in [0.29, 0.717) is 35.3 Å². The van der Waals surface area contributed by atoms with E-state index in [2.05, 4.69) is 32.5 Å². The number of benzene rings is 1. The van der Waals surface area contributed by atoms with Gasteiger partial charge in [0.25, 0.3) is 5.91 Å². The van der Waals surface area contributed by atoms with Crippen LogP contribution in [0.1, 0.15) is 36.2 Å². The second-order valence-electron chi connectivity index (χ2n) is 7.88. The molecule has 162 valence electrons. The molecule has 1 aliphatic heterocycles. The molecule has 0 saturated heterocycles. The molecular weight excluding hydrogens is 406 g/mol. The number of ether oxygens (including phenoxy) is 1. The first-order valence-electron chi connectivity index (χ1n) is 10.5. The van der Waals surface area contributed by atoms with Crippen molar-refractivity contribution < 1.29 is 9.53 Å². The topological polar surface area (TPSA) is 99.8 Å². The molecule has 1 N–H and O–H groups in total. The molecule has 2 bridgehead atoms. The van der Waals surface area contributed by atoms with Gasteiger partial charge in [0.05, 0.1) is 18.4 Å². The summed E-state index contributed by atoms with van der Waals surface area (Å²) in [7, 11) is 1.86. The van der Waals surface area contributed by atoms with Crippen LogP contribution in [0.25, 0.3) is 22.6 Å². The van der Waals surface area contributed by atoms with Crippen molar-refractivity contribution in [2.24, 2.45) is 7.05 Å². The number of carbonyl (C=O) groups is 1. The Balaban J connectivity index is 1.55. The number of pyridine rings is 1. The Kier molecular flexibility index (Phi) is 5.14. The molecule has 0 saturated carbocycles. The predicted octanol–water partition coefficient (Wildman–Crippen LogP) is 3.73. The Morgan fingerprint density at radius 2 is 2.09 bits per heavy atom. The van der Waals surface area contributed by atoms with Gasteiger partial charge in [-0.15, -0.1) is 10.2 Å². The lowest BCUT2D eigenvalue weighted by Crippen LogP contribution is -2.16. The second kappa shape index (κ2) is 8.26. The summed E-state index contributed by atoms with van der Waals surface area (Å²) in [6.07, 6.45) is 7.09. The molecule has 5 rings (SSSR count). The van der Waals surface area contributed by atoms with Gasteiger partial charge in [0, 0.05) is 24.8 Å². The van der Waals surface area contributed by atoms with E-state index in [9.17, 15) is 4.79 Å². The van der Waals surface area contributed by atoms with Crippen LogP contribution in [-0.4, -0.2) is 42.0 Å². The van der Waals surface area contributed by atoms with Crippen molar-refractivity contribution in [2.75, 3.05) is 11.9 Å². The van der Waals surface area contributed by atoms with E-state index in [1.54, 1.807) is 23.3 Å². The molecule has 4 heterocycles. The normalized spacial score (nSPS) is 16.3. The van der Waals surface area contributed by atoms with Crippen molar-refractivity contribution in [3.63, 3.8) is 0 Å². The second-order valence-corrected chi connectivity index (χ2v) is 7.88. The van der Waals surface area contributed by atoms with Gasteiger partial charge < -0.3 is 14.6 Å². The molecule has 1 atom stereocenters. The summed E-state index contributed by atoms with van der Waals surface area (Å²) in [5.41, 5.74) is 2.92. The fourth-order valence-electron chi connectivity index (χ4n) is 3.84. The van der Waals surface area contributed by atoms with Gasteiger partial charge in [-0.3, -0.25) is 9.48 Å². The summed E-state index contributed by atoms with van der Waals surface area (Å²) in [4.78, 5) is 17.8. The number of carbonyl (C=O) groups excluding carboxylic acids is 1. The van der Waals surface area contributed by atoms with Gasteiger partial charge in [-0.1, -0.05) is 12.1 Å². The van der Waals surface area contributed by atoms with Gasteiger partial charge in [0.1, 0.15) is 23.6 Å². The Morgan fingerprint density at radius 3 is 2.94 bits per heavy atom. The standard InChI is InChI=1S/C23H23N7O2/c1-15-5-4-10-32-20-9-8-16(17-12-25-29(2)13-17)11-18(20)23(31)27-21-7-3-6-19(26-21)22-28-24-14-30(15)22/h3,6-9,11-15H,4-5,10H2,1-2H3,(H,26,27,31)/t15-/m1/s1. The molecule has 0 aliphatic carbocycles. The maximum Gasteiger partial charge on any atom is 0.260 e. The van der Waals surface area contributed by atoms with Crippen molar-refractivity contribution in [3.8, 4) is 28.4 Å². The Bertz CT molecular complexity index is 1280. The van der Waals surface area contributed by atoms with Crippen molar-refractivity contribution in [2.45, 2.75) is 25.8 Å². The average Bonchev–Trinajstić information content (AvgIpc) is 3.45. The molecule has 9 heteroatoms. The third-order valence-electron chi connectivity index (χ3n) is 5.55. The Morgan fingerprint density at radius 1 is 1.19 bits per heavy atom. The SMILES string of the molecule is C[C@@H]1CCCOc2ccc(-c3cnn(C)c3)cc2C(=O)Nc2cccc(n2)-c2nncn21. The van der Waals surface area contributed by atoms with E-state index < -0.39 is 0 Å². The highest BCUT2D eigenvalue weighted by molar-refractivity contribution is 6.06. The summed E-state index contributed by atoms with van der Waals surface area (Å²) >= 11 is 0. The highest BCUT2D eigenvalue weighted by Gasteiger charge is 2.19. The van der Waals surface area contributed by atoms with E-state index in [0.717, 1.165) is 24.0 Å². The molecule has 0 spiro atoms. The lowest BCUT2D eigenvalue weighted by Gasteiger charge is -2.18. The van der Waals surface area contributed by atoms with Crippen LogP contribution in [0.5, 0.6) is 5.75 Å². The molecule has 1 aromatic carbocycles. The molecule has 1 amide bonds. The first-order chi connectivity index (χ1) is 15.6. The van der Waals surface area contributed by atoms with Crippen LogP contribution in [0.3, 0.4) is 0 Å². The summed E-state index contributed by atoms with van der Waals surface area (Å²) in [5.74, 6) is 1.36. The van der Waals surface area contributed by atoms with Crippen molar-refractivity contribution >= 4 is 11.7 Å². The molecular formula is C23H23N7O2. The van der Waals surface area contributed by atoms with Gasteiger partial charge in [-0.2, -0.15) is 5.10 Å². The number of aromatic nitrogens is 6. The van der Waals surface area contributed by atoms with E-state index in [1.165, 1.54) is 0 Å². The van der Waals surface area contributed by atoms with Crippen molar-refractivity contribution in [1.29, 1.82) is 0 Å². The molecule has 0 radical (unpaired) electrons. The van der Waals surface area contributed by atoms with Crippen LogP contribution in [0.4, 0.5) is 5.82 Å². The summed E-state index contributed by atoms with van der Waals surface area (Å²) in [6, 6.07) is 11.3. The molecule has 4 aromatic rings. The van der Waals surface area contributed by atoms with Gasteiger partial charge in [-0.25, -0.2) is 4.98 Å². The summed E-state index contributed by atoms with van der Waals surface area (Å²) < 4.78 is 9.77. The van der Waals surface area contributed by atoms with Crippen LogP contribution in [0.2, 0.25) is 0 Å². The number of fused-ring (bicyclic) bond motifs is 5. The van der Waals surface area contributed by atoms with Gasteiger partial charge in [0.2, 0.25) is 0 Å². The van der Waals surface area contributed by atoms with E-state index in [-0.39, 0.29) is 11.9 Å². The number of hydrogen-bond acceptors (Lipinski definition) is 6. The lowest BCUT2D eigenvalue weighted by atomic mass is 10.0. The summed E-state index contributed by atoms with van der Waals surface area (Å²) in [5, 5.41) is 15.5. The van der Waals surface area contributed by atoms with Crippen LogP contribution in [0.15, 0.2) is 55.1 Å². The Labute approximate surface area is 185 Å². The highest BCUT2D eigenvalue weighted by atomic mass is 16.5. The number of hydrogen-bond donors (Lipinski definition) is 1. The zero-order valence-electron chi connectivity index (χ0n) is 17.9. The summed E-state index contributed by atoms with van der Waals surface area (Å²) in [6.45, 7) is 2.62. The van der Waals surface area contributed by atoms with Gasteiger partial charge in [-0.05, 0) is 49.6 Å². The highest BCUT2D eigenvalue weighted by Crippen LogP contribution is 2.29. The fourth-order valence-corrected chi connectivity index (χ4v) is 3.84. The van der Waals surface area contributed by atoms with Crippen LogP contribution in [-0.2, 0) is 7.05 Å². The van der Waals surface area contributed by atoms with Crippen molar-refractivity contribution in [1.82, 2.24) is 29.5 Å². The first-order valence-corrected chi connectivity index (χ1v) is 10.5. The minimum absolute atomic E-state index is 0.180. The number of amides is 1. The van der Waals surface area contributed by atoms with E-state index >= 15 is 0 Å². The smallest absolute Gasteiger partial charge is 0.260 e. The average molecular weight is 429 g/mol. The lowest BCUT2D eigenvalue weighted by molar-refractivity contribution is 0.102. The number of rotatable bonds is 1. The zero-order chi connectivity index (χ0) is 22.1. The largest absolute Gasteiger partial charge is 0.493 e. The van der Waals surface area contributed by atoms with Gasteiger partial charge >= 0.3 is 0 Å². The van der Waals surface area contributed by atoms with Crippen molar-refractivity contribution in [3.05, 3.63) is 60.7 Å². The fraction of sp³-hybridized carbons (Fsp3) is 0.261. The molecule has 0 fully saturated rings. The third-order valence-corrected chi connectivity index (χ3v) is 5.55. The molecule has 9 nitrogen and oxygen atoms in total. The third kappa shape index (κ3) is 3.84. The number of nitrogens with one attached hydrogen (secondary N) is 1. The first kappa shape index (κ1) is 19.9. The molecule has 3 aromatic heterocycles. The maximum absolute atomic E-state index is 13.2. The van der Waals surface area contributed by atoms with Crippen LogP contribution < -0.4 is 10.1 Å². The maximum atomic E-state index is 13.2. The Hall–Kier alpha value is -4.01. The van der Waals surface area contributed by atoms with Crippen LogP contribution in [0, 0.1) is 0 Å². The van der Waals surface area contributed by atoms with Crippen LogP contribution >= 0.6 is 0 Å². The minimum Gasteiger partial charge on any atom is -0.493 e. The quantitative estimate of drug-likeness (QED) is 0.495. The number of aryl methyl sites for hydroxylation is 1. The molecule has 0 unspecified atom stereocenters. The van der Waals surface area contributed by atoms with Gasteiger partial charge in [0.15, 0.2) is 5.82 Å².